The second kappa shape index (κ2) is 8.34. The zero-order valence-electron chi connectivity index (χ0n) is 11.0. The number of urea groups is 1. The van der Waals surface area contributed by atoms with E-state index < -0.39 is 0 Å². The number of nitrogens with two attached hydrogens (primary N) is 1. The second-order valence-corrected chi connectivity index (χ2v) is 4.99. The molecule has 4 nitrogen and oxygen atoms in total. The summed E-state index contributed by atoms with van der Waals surface area (Å²) < 4.78 is 0. The van der Waals surface area contributed by atoms with Crippen LogP contribution in [0.5, 0.6) is 0 Å². The number of nitrogens with one attached hydrogen (secondary N) is 2. The summed E-state index contributed by atoms with van der Waals surface area (Å²) in [4.78, 5) is 11.7. The Bertz CT molecular complexity index is 215. The van der Waals surface area contributed by atoms with Crippen molar-refractivity contribution in [1.82, 2.24) is 10.6 Å². The summed E-state index contributed by atoms with van der Waals surface area (Å²) in [6, 6.07) is 0.0939. The molecule has 100 valence electrons. The van der Waals surface area contributed by atoms with E-state index in [4.69, 9.17) is 5.73 Å². The lowest BCUT2D eigenvalue weighted by molar-refractivity contribution is 0.222. The summed E-state index contributed by atoms with van der Waals surface area (Å²) in [5, 5.41) is 5.90. The first-order chi connectivity index (χ1) is 8.27. The first-order valence-electron chi connectivity index (χ1n) is 7.02. The minimum absolute atomic E-state index is 0.0560. The molecule has 1 fully saturated rings. The molecule has 4 N–H and O–H groups in total. The molecule has 1 aliphatic carbocycles. The van der Waals surface area contributed by atoms with E-state index in [0.717, 1.165) is 19.4 Å². The number of hydrogen-bond donors (Lipinski definition) is 3. The Morgan fingerprint density at radius 1 is 1.35 bits per heavy atom. The zero-order valence-corrected chi connectivity index (χ0v) is 11.0. The summed E-state index contributed by atoms with van der Waals surface area (Å²) in [6.07, 6.45) is 8.43. The zero-order chi connectivity index (χ0) is 12.5. The molecule has 17 heavy (non-hydrogen) atoms. The van der Waals surface area contributed by atoms with Gasteiger partial charge in [0.1, 0.15) is 0 Å². The Hall–Kier alpha value is -0.770. The van der Waals surface area contributed by atoms with Crippen LogP contribution in [0, 0.1) is 5.92 Å². The predicted octanol–water partition coefficient (Wildman–Crippen LogP) is 1.99. The smallest absolute Gasteiger partial charge is 0.315 e. The third-order valence-corrected chi connectivity index (χ3v) is 3.61. The summed E-state index contributed by atoms with van der Waals surface area (Å²) in [6.45, 7) is 3.42. The van der Waals surface area contributed by atoms with Crippen LogP contribution < -0.4 is 16.4 Å². The minimum atomic E-state index is -0.0560. The van der Waals surface area contributed by atoms with E-state index in [1.54, 1.807) is 0 Å². The molecule has 0 aromatic heterocycles. The van der Waals surface area contributed by atoms with E-state index in [2.05, 4.69) is 17.6 Å². The fraction of sp³-hybridized carbons (Fsp3) is 0.923. The molecule has 0 aromatic carbocycles. The van der Waals surface area contributed by atoms with Crippen LogP contribution in [0.1, 0.15) is 51.9 Å². The van der Waals surface area contributed by atoms with Gasteiger partial charge in [0.25, 0.3) is 0 Å². The van der Waals surface area contributed by atoms with Crippen molar-refractivity contribution in [3.63, 3.8) is 0 Å². The van der Waals surface area contributed by atoms with Crippen molar-refractivity contribution in [3.8, 4) is 0 Å². The fourth-order valence-electron chi connectivity index (χ4n) is 2.50. The van der Waals surface area contributed by atoms with Crippen molar-refractivity contribution in [2.24, 2.45) is 11.7 Å². The maximum atomic E-state index is 11.7. The Labute approximate surface area is 105 Å². The van der Waals surface area contributed by atoms with Crippen LogP contribution >= 0.6 is 0 Å². The van der Waals surface area contributed by atoms with Crippen LogP contribution in [0.2, 0.25) is 0 Å². The molecule has 0 bridgehead atoms. The average Bonchev–Trinajstić information content (AvgIpc) is 2.37. The first-order valence-corrected chi connectivity index (χ1v) is 7.02. The number of rotatable bonds is 6. The van der Waals surface area contributed by atoms with Gasteiger partial charge in [-0.25, -0.2) is 4.79 Å². The lowest BCUT2D eigenvalue weighted by Gasteiger charge is -2.30. The Morgan fingerprint density at radius 2 is 2.06 bits per heavy atom. The highest BCUT2D eigenvalue weighted by atomic mass is 16.2. The SMILES string of the molecule is CCCCNC(=O)NC(CN)C1CCCCC1. The van der Waals surface area contributed by atoms with E-state index in [1.807, 2.05) is 0 Å². The van der Waals surface area contributed by atoms with Crippen LogP contribution in [0.3, 0.4) is 0 Å². The molecule has 0 heterocycles. The molecule has 0 spiro atoms. The summed E-state index contributed by atoms with van der Waals surface area (Å²) >= 11 is 0. The van der Waals surface area contributed by atoms with Gasteiger partial charge in [0.15, 0.2) is 0 Å². The van der Waals surface area contributed by atoms with Gasteiger partial charge >= 0.3 is 6.03 Å². The maximum absolute atomic E-state index is 11.7. The molecular formula is C13H27N3O. The monoisotopic (exact) mass is 241 g/mol. The van der Waals surface area contributed by atoms with Crippen LogP contribution in [-0.2, 0) is 0 Å². The highest BCUT2D eigenvalue weighted by Gasteiger charge is 2.23. The van der Waals surface area contributed by atoms with Gasteiger partial charge in [0.2, 0.25) is 0 Å². The number of hydrogen-bond acceptors (Lipinski definition) is 2. The molecule has 1 rings (SSSR count). The lowest BCUT2D eigenvalue weighted by Crippen LogP contribution is -2.49. The third-order valence-electron chi connectivity index (χ3n) is 3.61. The molecule has 0 aromatic rings. The predicted molar refractivity (Wildman–Crippen MR) is 70.9 cm³/mol. The summed E-state index contributed by atoms with van der Waals surface area (Å²) in [5.41, 5.74) is 5.76. The van der Waals surface area contributed by atoms with Crippen molar-refractivity contribution in [2.75, 3.05) is 13.1 Å². The lowest BCUT2D eigenvalue weighted by atomic mass is 9.84. The molecule has 1 aliphatic rings. The standard InChI is InChI=1S/C13H27N3O/c1-2-3-9-15-13(17)16-12(10-14)11-7-5-4-6-8-11/h11-12H,2-10,14H2,1H3,(H2,15,16,17). The third kappa shape index (κ3) is 5.39. The van der Waals surface area contributed by atoms with Gasteiger partial charge in [0.05, 0.1) is 0 Å². The van der Waals surface area contributed by atoms with Gasteiger partial charge in [-0.2, -0.15) is 0 Å². The van der Waals surface area contributed by atoms with Gasteiger partial charge in [-0.15, -0.1) is 0 Å². The molecule has 1 atom stereocenters. The minimum Gasteiger partial charge on any atom is -0.338 e. The van der Waals surface area contributed by atoms with Crippen LogP contribution in [0.25, 0.3) is 0 Å². The molecule has 0 radical (unpaired) electrons. The normalized spacial score (nSPS) is 18.7. The van der Waals surface area contributed by atoms with Gasteiger partial charge in [0, 0.05) is 19.1 Å². The van der Waals surface area contributed by atoms with Gasteiger partial charge < -0.3 is 16.4 Å². The van der Waals surface area contributed by atoms with E-state index in [9.17, 15) is 4.79 Å². The van der Waals surface area contributed by atoms with Crippen molar-refractivity contribution in [1.29, 1.82) is 0 Å². The number of amides is 2. The number of unbranched alkanes of at least 4 members (excludes halogenated alkanes) is 1. The quantitative estimate of drug-likeness (QED) is 0.623. The molecule has 1 unspecified atom stereocenters. The van der Waals surface area contributed by atoms with Crippen molar-refractivity contribution < 1.29 is 4.79 Å². The van der Waals surface area contributed by atoms with E-state index in [0.29, 0.717) is 12.5 Å². The summed E-state index contributed by atoms with van der Waals surface area (Å²) in [5.74, 6) is 0.575. The molecule has 0 aliphatic heterocycles. The van der Waals surface area contributed by atoms with Crippen molar-refractivity contribution in [3.05, 3.63) is 0 Å². The van der Waals surface area contributed by atoms with E-state index in [-0.39, 0.29) is 12.1 Å². The summed E-state index contributed by atoms with van der Waals surface area (Å²) in [7, 11) is 0. The molecular weight excluding hydrogens is 214 g/mol. The average molecular weight is 241 g/mol. The first kappa shape index (κ1) is 14.3. The maximum Gasteiger partial charge on any atom is 0.315 e. The van der Waals surface area contributed by atoms with Crippen molar-refractivity contribution in [2.45, 2.75) is 57.9 Å². The molecule has 2 amide bonds. The Balaban J connectivity index is 2.27. The van der Waals surface area contributed by atoms with Gasteiger partial charge in [-0.3, -0.25) is 0 Å². The number of carbonyl (C=O) groups excluding carboxylic acids is 1. The highest BCUT2D eigenvalue weighted by molar-refractivity contribution is 5.74. The highest BCUT2D eigenvalue weighted by Crippen LogP contribution is 2.26. The largest absolute Gasteiger partial charge is 0.338 e. The second-order valence-electron chi connectivity index (χ2n) is 4.99. The van der Waals surface area contributed by atoms with E-state index >= 15 is 0 Å². The van der Waals surface area contributed by atoms with Gasteiger partial charge in [-0.1, -0.05) is 32.6 Å². The molecule has 1 saturated carbocycles. The topological polar surface area (TPSA) is 67.2 Å². The Kier molecular flexibility index (Phi) is 7.01. The Morgan fingerprint density at radius 3 is 2.65 bits per heavy atom. The van der Waals surface area contributed by atoms with Crippen molar-refractivity contribution >= 4 is 6.03 Å². The molecule has 4 heteroatoms. The van der Waals surface area contributed by atoms with Crippen LogP contribution in [0.4, 0.5) is 4.79 Å². The fourth-order valence-corrected chi connectivity index (χ4v) is 2.50. The van der Waals surface area contributed by atoms with E-state index in [1.165, 1.54) is 32.1 Å². The van der Waals surface area contributed by atoms with Gasteiger partial charge in [-0.05, 0) is 25.2 Å². The molecule has 0 saturated heterocycles. The van der Waals surface area contributed by atoms with Crippen LogP contribution in [-0.4, -0.2) is 25.2 Å². The number of carbonyl (C=O) groups is 1. The van der Waals surface area contributed by atoms with Crippen LogP contribution in [0.15, 0.2) is 0 Å².